The molecule has 7 heteroatoms. The summed E-state index contributed by atoms with van der Waals surface area (Å²) in [6, 6.07) is 27.8. The molecule has 0 radical (unpaired) electrons. The second kappa shape index (κ2) is 9.68. The Kier molecular flexibility index (Phi) is 6.89. The first kappa shape index (κ1) is 23.5. The molecule has 168 valence electrons. The lowest BCUT2D eigenvalue weighted by atomic mass is 9.73. The highest BCUT2D eigenvalue weighted by molar-refractivity contribution is 6.76. The fourth-order valence-electron chi connectivity index (χ4n) is 4.04. The summed E-state index contributed by atoms with van der Waals surface area (Å²) in [4.78, 5) is 31.3. The van der Waals surface area contributed by atoms with E-state index in [-0.39, 0.29) is 18.7 Å². The molecule has 1 heterocycles. The van der Waals surface area contributed by atoms with Gasteiger partial charge in [0.1, 0.15) is 0 Å². The maximum atomic E-state index is 13.6. The van der Waals surface area contributed by atoms with Crippen LogP contribution in [0.25, 0.3) is 0 Å². The standard InChI is InChI=1S/C26H20Cl3NO3/c27-26(28,29)22(31)16-21(19-12-6-2-7-13-19)25(17-18-10-4-1-5-11-18)24(32)33-23(30-25)20-14-8-3-9-15-20/h1-15,21H,16-17H2/t21-,25+/m0/s1. The molecule has 4 nitrogen and oxygen atoms in total. The predicted octanol–water partition coefficient (Wildman–Crippen LogP) is 6.08. The van der Waals surface area contributed by atoms with Gasteiger partial charge in [-0.1, -0.05) is 114 Å². The molecule has 33 heavy (non-hydrogen) atoms. The molecule has 0 aliphatic carbocycles. The van der Waals surface area contributed by atoms with Gasteiger partial charge in [0, 0.05) is 24.3 Å². The van der Waals surface area contributed by atoms with Crippen LogP contribution >= 0.6 is 34.8 Å². The van der Waals surface area contributed by atoms with E-state index in [1.54, 1.807) is 0 Å². The van der Waals surface area contributed by atoms with E-state index >= 15 is 0 Å². The zero-order valence-electron chi connectivity index (χ0n) is 17.5. The fraction of sp³-hybridized carbons (Fsp3) is 0.192. The Morgan fingerprint density at radius 1 is 0.879 bits per heavy atom. The first-order valence-electron chi connectivity index (χ1n) is 10.4. The van der Waals surface area contributed by atoms with Gasteiger partial charge in [-0.2, -0.15) is 0 Å². The van der Waals surface area contributed by atoms with Crippen molar-refractivity contribution in [3.63, 3.8) is 0 Å². The van der Waals surface area contributed by atoms with Crippen LogP contribution in [0.1, 0.15) is 29.0 Å². The van der Waals surface area contributed by atoms with E-state index in [1.807, 2.05) is 91.0 Å². The van der Waals surface area contributed by atoms with Crippen LogP contribution in [-0.4, -0.2) is 27.0 Å². The van der Waals surface area contributed by atoms with Crippen LogP contribution in [0.4, 0.5) is 0 Å². The third-order valence-electron chi connectivity index (χ3n) is 5.67. The molecule has 0 spiro atoms. The molecule has 0 aromatic heterocycles. The largest absolute Gasteiger partial charge is 0.405 e. The van der Waals surface area contributed by atoms with Crippen molar-refractivity contribution in [2.45, 2.75) is 28.1 Å². The highest BCUT2D eigenvalue weighted by Gasteiger charge is 2.54. The van der Waals surface area contributed by atoms with Gasteiger partial charge in [0.25, 0.3) is 0 Å². The van der Waals surface area contributed by atoms with Gasteiger partial charge in [-0.3, -0.25) is 4.79 Å². The normalized spacial score (nSPS) is 19.0. The quantitative estimate of drug-likeness (QED) is 0.292. The summed E-state index contributed by atoms with van der Waals surface area (Å²) in [5.41, 5.74) is 0.848. The number of alkyl halides is 3. The molecule has 4 rings (SSSR count). The lowest BCUT2D eigenvalue weighted by Gasteiger charge is -2.32. The Labute approximate surface area is 207 Å². The number of carbonyl (C=O) groups excluding carboxylic acids is 2. The van der Waals surface area contributed by atoms with Crippen molar-refractivity contribution < 1.29 is 14.3 Å². The highest BCUT2D eigenvalue weighted by atomic mass is 35.6. The molecule has 0 unspecified atom stereocenters. The summed E-state index contributed by atoms with van der Waals surface area (Å²) < 4.78 is 3.59. The van der Waals surface area contributed by atoms with Gasteiger partial charge in [-0.15, -0.1) is 0 Å². The zero-order valence-corrected chi connectivity index (χ0v) is 19.7. The summed E-state index contributed by atoms with van der Waals surface area (Å²) in [6.45, 7) is 0. The zero-order chi connectivity index (χ0) is 23.5. The van der Waals surface area contributed by atoms with E-state index in [2.05, 4.69) is 0 Å². The van der Waals surface area contributed by atoms with Crippen molar-refractivity contribution in [2.24, 2.45) is 4.99 Å². The molecule has 0 saturated carbocycles. The van der Waals surface area contributed by atoms with E-state index in [4.69, 9.17) is 44.5 Å². The number of hydrogen-bond acceptors (Lipinski definition) is 4. The third kappa shape index (κ3) is 5.14. The summed E-state index contributed by atoms with van der Waals surface area (Å²) >= 11 is 17.8. The van der Waals surface area contributed by atoms with Crippen molar-refractivity contribution in [3.8, 4) is 0 Å². The Bertz CT molecular complexity index is 1160. The smallest absolute Gasteiger partial charge is 0.341 e. The number of benzene rings is 3. The van der Waals surface area contributed by atoms with Gasteiger partial charge in [0.15, 0.2) is 11.3 Å². The predicted molar refractivity (Wildman–Crippen MR) is 131 cm³/mol. The SMILES string of the molecule is O=C(C[C@@H](c1ccccc1)[C@@]1(Cc2ccccc2)N=C(c2ccccc2)OC1=O)C(Cl)(Cl)Cl. The van der Waals surface area contributed by atoms with Gasteiger partial charge in [-0.05, 0) is 23.3 Å². The van der Waals surface area contributed by atoms with E-state index < -0.39 is 27.0 Å². The molecule has 1 aliphatic rings. The number of Topliss-reactive ketones (excluding diaryl/α,β-unsaturated/α-hetero) is 1. The first-order valence-corrected chi connectivity index (χ1v) is 11.5. The van der Waals surface area contributed by atoms with E-state index in [9.17, 15) is 9.59 Å². The molecule has 1 aliphatic heterocycles. The second-order valence-corrected chi connectivity index (χ2v) is 10.1. The van der Waals surface area contributed by atoms with E-state index in [1.165, 1.54) is 0 Å². The van der Waals surface area contributed by atoms with Gasteiger partial charge >= 0.3 is 5.97 Å². The van der Waals surface area contributed by atoms with Crippen LogP contribution < -0.4 is 0 Å². The second-order valence-electron chi connectivity index (χ2n) is 7.85. The fourth-order valence-corrected chi connectivity index (χ4v) is 4.27. The molecule has 0 N–H and O–H groups in total. The number of esters is 1. The van der Waals surface area contributed by atoms with E-state index in [0.29, 0.717) is 5.56 Å². The average Bonchev–Trinajstić information content (AvgIpc) is 3.15. The number of hydrogen-bond donors (Lipinski definition) is 0. The highest BCUT2D eigenvalue weighted by Crippen LogP contribution is 2.44. The van der Waals surface area contributed by atoms with Crippen molar-refractivity contribution in [2.75, 3.05) is 0 Å². The van der Waals surface area contributed by atoms with Crippen molar-refractivity contribution in [1.29, 1.82) is 0 Å². The number of ether oxygens (including phenoxy) is 1. The number of carbonyl (C=O) groups is 2. The van der Waals surface area contributed by atoms with E-state index in [0.717, 1.165) is 11.1 Å². The van der Waals surface area contributed by atoms with Crippen LogP contribution in [0.3, 0.4) is 0 Å². The van der Waals surface area contributed by atoms with Gasteiger partial charge in [0.2, 0.25) is 9.69 Å². The molecule has 3 aromatic rings. The summed E-state index contributed by atoms with van der Waals surface area (Å²) in [7, 11) is 0. The van der Waals surface area contributed by atoms with Crippen molar-refractivity contribution in [1.82, 2.24) is 0 Å². The maximum Gasteiger partial charge on any atom is 0.341 e. The monoisotopic (exact) mass is 499 g/mol. The Morgan fingerprint density at radius 3 is 2.00 bits per heavy atom. The molecule has 3 aromatic carbocycles. The lowest BCUT2D eigenvalue weighted by Crippen LogP contribution is -2.44. The Morgan fingerprint density at radius 2 is 1.42 bits per heavy atom. The minimum Gasteiger partial charge on any atom is -0.405 e. The van der Waals surface area contributed by atoms with Crippen LogP contribution in [-0.2, 0) is 20.7 Å². The van der Waals surface area contributed by atoms with Crippen LogP contribution in [0.15, 0.2) is 96.0 Å². The van der Waals surface area contributed by atoms with Crippen LogP contribution in [0, 0.1) is 0 Å². The van der Waals surface area contributed by atoms with Gasteiger partial charge in [0.05, 0.1) is 0 Å². The lowest BCUT2D eigenvalue weighted by molar-refractivity contribution is -0.140. The van der Waals surface area contributed by atoms with Crippen LogP contribution in [0.5, 0.6) is 0 Å². The summed E-state index contributed by atoms with van der Waals surface area (Å²) in [5.74, 6) is -1.67. The summed E-state index contributed by atoms with van der Waals surface area (Å²) in [5, 5.41) is 0. The minimum absolute atomic E-state index is 0.200. The van der Waals surface area contributed by atoms with Gasteiger partial charge in [-0.25, -0.2) is 9.79 Å². The van der Waals surface area contributed by atoms with Gasteiger partial charge < -0.3 is 4.74 Å². The van der Waals surface area contributed by atoms with Crippen molar-refractivity contribution in [3.05, 3.63) is 108 Å². The minimum atomic E-state index is -2.12. The third-order valence-corrected chi connectivity index (χ3v) is 6.30. The number of halogens is 3. The first-order chi connectivity index (χ1) is 15.8. The number of nitrogens with zero attached hydrogens (tertiary/aromatic N) is 1. The molecule has 0 fully saturated rings. The van der Waals surface area contributed by atoms with Crippen molar-refractivity contribution >= 4 is 52.5 Å². The molecule has 2 atom stereocenters. The average molecular weight is 501 g/mol. The number of rotatable bonds is 7. The molecular weight excluding hydrogens is 481 g/mol. The molecule has 0 bridgehead atoms. The number of cyclic esters (lactones) is 1. The Hall–Kier alpha value is -2.66. The molecule has 0 amide bonds. The number of ketones is 1. The Balaban J connectivity index is 1.88. The number of aliphatic imine (C=N–C) groups is 1. The van der Waals surface area contributed by atoms with Crippen LogP contribution in [0.2, 0.25) is 0 Å². The summed E-state index contributed by atoms with van der Waals surface area (Å²) in [6.07, 6.45) is 0.0176. The molecular formula is C26H20Cl3NO3. The molecule has 0 saturated heterocycles. The topological polar surface area (TPSA) is 55.7 Å². The maximum absolute atomic E-state index is 13.6.